The van der Waals surface area contributed by atoms with Crippen LogP contribution in [0.3, 0.4) is 0 Å². The van der Waals surface area contributed by atoms with Gasteiger partial charge in [0.25, 0.3) is 0 Å². The summed E-state index contributed by atoms with van der Waals surface area (Å²) < 4.78 is 6.53. The Morgan fingerprint density at radius 3 is 2.38 bits per heavy atom. The molecule has 2 spiro atoms. The van der Waals surface area contributed by atoms with E-state index in [0.717, 1.165) is 12.8 Å². The van der Waals surface area contributed by atoms with Crippen molar-refractivity contribution in [1.29, 1.82) is 5.26 Å². The first kappa shape index (κ1) is 21.9. The molecule has 4 heteroatoms. The maximum absolute atomic E-state index is 12.0. The molecule has 32 heavy (non-hydrogen) atoms. The monoisotopic (exact) mass is 441 g/mol. The molecule has 2 N–H and O–H groups in total. The van der Waals surface area contributed by atoms with E-state index in [1.54, 1.807) is 0 Å². The third-order valence-corrected chi connectivity index (χ3v) is 13.2. The Bertz CT molecular complexity index is 865. The van der Waals surface area contributed by atoms with Crippen molar-refractivity contribution in [2.24, 2.45) is 50.7 Å². The molecule has 0 aromatic heterocycles. The molecule has 6 rings (SSSR count). The van der Waals surface area contributed by atoms with Gasteiger partial charge < -0.3 is 14.9 Å². The fourth-order valence-corrected chi connectivity index (χ4v) is 11.6. The molecule has 4 nitrogen and oxygen atoms in total. The van der Waals surface area contributed by atoms with E-state index in [1.807, 2.05) is 0 Å². The fraction of sp³-hybridized carbons (Fsp3) is 0.964. The van der Waals surface area contributed by atoms with E-state index >= 15 is 0 Å². The predicted octanol–water partition coefficient (Wildman–Crippen LogP) is 5.07. The highest BCUT2D eigenvalue weighted by atomic mass is 16.5. The molecule has 3 unspecified atom stereocenters. The summed E-state index contributed by atoms with van der Waals surface area (Å²) in [6.45, 7) is 11.9. The second-order valence-corrected chi connectivity index (χ2v) is 14.0. The fourth-order valence-electron chi connectivity index (χ4n) is 11.6. The maximum Gasteiger partial charge on any atom is 0.0879 e. The summed E-state index contributed by atoms with van der Waals surface area (Å²) in [6, 6.07) is 2.31. The van der Waals surface area contributed by atoms with E-state index in [9.17, 15) is 15.5 Å². The van der Waals surface area contributed by atoms with Crippen LogP contribution in [-0.2, 0) is 4.74 Å². The van der Waals surface area contributed by atoms with Gasteiger partial charge in [0.1, 0.15) is 0 Å². The van der Waals surface area contributed by atoms with Gasteiger partial charge in [-0.3, -0.25) is 0 Å². The molecular weight excluding hydrogens is 398 g/mol. The van der Waals surface area contributed by atoms with E-state index in [0.29, 0.717) is 40.9 Å². The van der Waals surface area contributed by atoms with Crippen LogP contribution in [0.25, 0.3) is 0 Å². The van der Waals surface area contributed by atoms with Gasteiger partial charge in [-0.1, -0.05) is 34.6 Å². The summed E-state index contributed by atoms with van der Waals surface area (Å²) in [5.41, 5.74) is 0.686. The van der Waals surface area contributed by atoms with Crippen molar-refractivity contribution < 1.29 is 14.9 Å². The lowest BCUT2D eigenvalue weighted by Gasteiger charge is -2.63. The van der Waals surface area contributed by atoms with Crippen molar-refractivity contribution in [2.75, 3.05) is 0 Å². The molecule has 6 fully saturated rings. The van der Waals surface area contributed by atoms with Gasteiger partial charge in [0.15, 0.2) is 0 Å². The van der Waals surface area contributed by atoms with Crippen LogP contribution in [0.2, 0.25) is 0 Å². The van der Waals surface area contributed by atoms with Crippen molar-refractivity contribution in [3.05, 3.63) is 0 Å². The highest BCUT2D eigenvalue weighted by Gasteiger charge is 2.84. The highest BCUT2D eigenvalue weighted by molar-refractivity contribution is 5.32. The van der Waals surface area contributed by atoms with Crippen LogP contribution in [0.15, 0.2) is 0 Å². The molecule has 1 saturated heterocycles. The van der Waals surface area contributed by atoms with E-state index in [-0.39, 0.29) is 34.6 Å². The van der Waals surface area contributed by atoms with Gasteiger partial charge in [-0.2, -0.15) is 5.26 Å². The molecule has 1 aliphatic heterocycles. The lowest BCUT2D eigenvalue weighted by Crippen LogP contribution is -2.59. The third kappa shape index (κ3) is 2.17. The van der Waals surface area contributed by atoms with Crippen molar-refractivity contribution in [3.8, 4) is 6.07 Å². The van der Waals surface area contributed by atoms with Crippen molar-refractivity contribution >= 4 is 0 Å². The molecule has 6 aliphatic rings. The Hall–Kier alpha value is -0.630. The SMILES string of the molecule is C[C@@H]1CC(CC#N)OC2[C@H]1[C@@]1(C)CC[C@@]34C[C@@]35CC[C@H](O)C(C)(C)[C@@H]5CCC4[C@]1(C)[C@H]2O. The number of ether oxygens (including phenoxy) is 1. The zero-order chi connectivity index (χ0) is 22.9. The van der Waals surface area contributed by atoms with Crippen LogP contribution >= 0.6 is 0 Å². The standard InChI is InChI=1S/C28H43NO3/c1-16-14-17(9-13-29)32-22-21(16)25(4)11-12-28-15-27(28)10-8-20(30)24(2,3)18(27)6-7-19(28)26(25,5)23(22)31/h16-23,30-31H,6-12,14-15H2,1-5H3/t16-,17?,18+,19?,20+,21+,22?,23+,25-,26-,27-,28+/m1/s1. The Labute approximate surface area is 194 Å². The molecule has 0 amide bonds. The molecule has 178 valence electrons. The van der Waals surface area contributed by atoms with E-state index in [4.69, 9.17) is 4.74 Å². The number of hydrogen-bond donors (Lipinski definition) is 2. The average molecular weight is 442 g/mol. The van der Waals surface area contributed by atoms with Crippen LogP contribution in [0, 0.1) is 62.1 Å². The van der Waals surface area contributed by atoms with Gasteiger partial charge in [-0.25, -0.2) is 0 Å². The Morgan fingerprint density at radius 2 is 1.66 bits per heavy atom. The minimum absolute atomic E-state index is 0.00119. The van der Waals surface area contributed by atoms with Gasteiger partial charge >= 0.3 is 0 Å². The van der Waals surface area contributed by atoms with Gasteiger partial charge in [-0.05, 0) is 96.7 Å². The molecule has 5 aliphatic carbocycles. The minimum atomic E-state index is -0.444. The summed E-state index contributed by atoms with van der Waals surface area (Å²) in [7, 11) is 0. The second kappa shape index (κ2) is 6.32. The molecule has 12 atom stereocenters. The van der Waals surface area contributed by atoms with Gasteiger partial charge in [0, 0.05) is 5.41 Å². The molecule has 0 radical (unpaired) electrons. The van der Waals surface area contributed by atoms with E-state index < -0.39 is 6.10 Å². The number of aliphatic hydroxyl groups excluding tert-OH is 2. The minimum Gasteiger partial charge on any atom is -0.393 e. The first-order chi connectivity index (χ1) is 15.0. The zero-order valence-electron chi connectivity index (χ0n) is 20.7. The van der Waals surface area contributed by atoms with Crippen LogP contribution in [-0.4, -0.2) is 34.6 Å². The Morgan fingerprint density at radius 1 is 0.969 bits per heavy atom. The molecular formula is C28H43NO3. The molecule has 5 saturated carbocycles. The number of aliphatic hydroxyl groups is 2. The van der Waals surface area contributed by atoms with Crippen molar-refractivity contribution in [3.63, 3.8) is 0 Å². The first-order valence-corrected chi connectivity index (χ1v) is 13.4. The number of hydrogen-bond acceptors (Lipinski definition) is 4. The normalized spacial score (nSPS) is 61.9. The molecule has 0 bridgehead atoms. The molecule has 1 heterocycles. The van der Waals surface area contributed by atoms with Crippen molar-refractivity contribution in [1.82, 2.24) is 0 Å². The topological polar surface area (TPSA) is 73.5 Å². The smallest absolute Gasteiger partial charge is 0.0879 e. The zero-order valence-corrected chi connectivity index (χ0v) is 20.7. The predicted molar refractivity (Wildman–Crippen MR) is 122 cm³/mol. The number of rotatable bonds is 1. The Kier molecular flexibility index (Phi) is 4.32. The van der Waals surface area contributed by atoms with E-state index in [2.05, 4.69) is 40.7 Å². The summed E-state index contributed by atoms with van der Waals surface area (Å²) >= 11 is 0. The summed E-state index contributed by atoms with van der Waals surface area (Å²) in [4.78, 5) is 0. The molecule has 0 aromatic carbocycles. The van der Waals surface area contributed by atoms with Gasteiger partial charge in [0.2, 0.25) is 0 Å². The average Bonchev–Trinajstić information content (AvgIpc) is 3.36. The summed E-state index contributed by atoms with van der Waals surface area (Å²) in [5.74, 6) is 2.02. The Balaban J connectivity index is 1.39. The van der Waals surface area contributed by atoms with Crippen LogP contribution < -0.4 is 0 Å². The number of nitrogens with zero attached hydrogens (tertiary/aromatic N) is 1. The first-order valence-electron chi connectivity index (χ1n) is 13.4. The van der Waals surface area contributed by atoms with Crippen LogP contribution in [0.1, 0.15) is 92.4 Å². The molecule has 0 aromatic rings. The maximum atomic E-state index is 12.0. The summed E-state index contributed by atoms with van der Waals surface area (Å²) in [6.07, 6.45) is 8.87. The second-order valence-electron chi connectivity index (χ2n) is 14.0. The van der Waals surface area contributed by atoms with Crippen LogP contribution in [0.5, 0.6) is 0 Å². The lowest BCUT2D eigenvalue weighted by molar-refractivity contribution is -0.182. The third-order valence-electron chi connectivity index (χ3n) is 13.2. The number of fused-ring (bicyclic) bond motifs is 4. The van der Waals surface area contributed by atoms with Gasteiger partial charge in [0.05, 0.1) is 36.9 Å². The van der Waals surface area contributed by atoms with Crippen LogP contribution in [0.4, 0.5) is 0 Å². The lowest BCUT2D eigenvalue weighted by atomic mass is 9.41. The van der Waals surface area contributed by atoms with E-state index in [1.165, 1.54) is 38.5 Å². The van der Waals surface area contributed by atoms with Gasteiger partial charge in [-0.15, -0.1) is 0 Å². The quantitative estimate of drug-likeness (QED) is 0.595. The summed E-state index contributed by atoms with van der Waals surface area (Å²) in [5, 5.41) is 32.1. The van der Waals surface area contributed by atoms with Crippen molar-refractivity contribution in [2.45, 2.75) is 117 Å². The largest absolute Gasteiger partial charge is 0.393 e. The number of nitriles is 1. The highest BCUT2D eigenvalue weighted by Crippen LogP contribution is 2.89.